The Kier molecular flexibility index (Phi) is 4.13. The molecule has 1 fully saturated rings. The Balaban J connectivity index is 1.50. The van der Waals surface area contributed by atoms with Crippen LogP contribution < -0.4 is 16.0 Å². The summed E-state index contributed by atoms with van der Waals surface area (Å²) in [6.07, 6.45) is 2.07. The molecule has 1 aromatic carbocycles. The highest BCUT2D eigenvalue weighted by Crippen LogP contribution is 2.18. The third-order valence-electron chi connectivity index (χ3n) is 3.21. The molecule has 2 amide bonds. The maximum Gasteiger partial charge on any atom is 0.320 e. The number of hydrogen-bond donors (Lipinski definition) is 3. The molecule has 2 aromatic rings. The molecule has 1 aromatic heterocycles. The van der Waals surface area contributed by atoms with Gasteiger partial charge in [-0.3, -0.25) is 5.32 Å². The number of hydrogen-bond acceptors (Lipinski definition) is 4. The molecule has 114 valence electrons. The summed E-state index contributed by atoms with van der Waals surface area (Å²) in [5, 5.41) is 16.4. The molecule has 7 heteroatoms. The molecule has 1 heterocycles. The number of urea groups is 1. The quantitative estimate of drug-likeness (QED) is 0.793. The average molecular weight is 301 g/mol. The van der Waals surface area contributed by atoms with Gasteiger partial charge >= 0.3 is 6.03 Å². The minimum atomic E-state index is -0.261. The third kappa shape index (κ3) is 4.15. The van der Waals surface area contributed by atoms with Crippen LogP contribution in [-0.4, -0.2) is 22.3 Å². The van der Waals surface area contributed by atoms with Crippen molar-refractivity contribution >= 4 is 17.7 Å². The van der Waals surface area contributed by atoms with Crippen molar-refractivity contribution in [3.63, 3.8) is 0 Å². The lowest BCUT2D eigenvalue weighted by Gasteiger charge is -2.07. The smallest absolute Gasteiger partial charge is 0.320 e. The molecule has 0 aliphatic heterocycles. The largest absolute Gasteiger partial charge is 0.365 e. The van der Waals surface area contributed by atoms with E-state index in [1.165, 1.54) is 12.1 Å². The fourth-order valence-electron chi connectivity index (χ4n) is 1.85. The number of nitrogens with one attached hydrogen (secondary N) is 3. The number of carbonyl (C=O) groups is 1. The molecule has 0 atom stereocenters. The van der Waals surface area contributed by atoms with Crippen LogP contribution in [0.3, 0.4) is 0 Å². The van der Waals surface area contributed by atoms with E-state index < -0.39 is 0 Å². The van der Waals surface area contributed by atoms with Crippen LogP contribution in [0.4, 0.5) is 20.8 Å². The van der Waals surface area contributed by atoms with Gasteiger partial charge in [-0.2, -0.15) is 0 Å². The van der Waals surface area contributed by atoms with E-state index in [0.29, 0.717) is 24.2 Å². The second-order valence-corrected chi connectivity index (χ2v) is 5.16. The van der Waals surface area contributed by atoms with Crippen LogP contribution >= 0.6 is 0 Å². The standard InChI is InChI=1S/C15H16FN5O/c16-11-3-1-10(2-4-11)9-17-13-7-8-14(21-20-13)19-15(22)18-12-5-6-12/h1-4,7-8,12H,5-6,9H2,(H,17,20)(H2,18,19,21,22). The van der Waals surface area contributed by atoms with E-state index in [1.807, 2.05) is 0 Å². The molecule has 0 spiro atoms. The summed E-state index contributed by atoms with van der Waals surface area (Å²) in [4.78, 5) is 11.5. The Morgan fingerprint density at radius 2 is 1.77 bits per heavy atom. The SMILES string of the molecule is O=C(Nc1ccc(NCc2ccc(F)cc2)nn1)NC1CC1. The number of nitrogens with zero attached hydrogens (tertiary/aromatic N) is 2. The van der Waals surface area contributed by atoms with Gasteiger partial charge in [-0.25, -0.2) is 9.18 Å². The van der Waals surface area contributed by atoms with Crippen LogP contribution in [0.25, 0.3) is 0 Å². The Labute approximate surface area is 127 Å². The van der Waals surface area contributed by atoms with Crippen LogP contribution in [0.2, 0.25) is 0 Å². The Hall–Kier alpha value is -2.70. The van der Waals surface area contributed by atoms with Gasteiger partial charge in [-0.05, 0) is 42.7 Å². The summed E-state index contributed by atoms with van der Waals surface area (Å²) in [6.45, 7) is 0.518. The Bertz CT molecular complexity index is 640. The second-order valence-electron chi connectivity index (χ2n) is 5.16. The second kappa shape index (κ2) is 6.38. The van der Waals surface area contributed by atoms with Crippen LogP contribution in [0, 0.1) is 5.82 Å². The van der Waals surface area contributed by atoms with Crippen molar-refractivity contribution < 1.29 is 9.18 Å². The minimum absolute atomic E-state index is 0.260. The lowest BCUT2D eigenvalue weighted by atomic mass is 10.2. The van der Waals surface area contributed by atoms with Gasteiger partial charge in [0.1, 0.15) is 11.6 Å². The Morgan fingerprint density at radius 1 is 1.09 bits per heavy atom. The number of anilines is 2. The number of carbonyl (C=O) groups excluding carboxylic acids is 1. The number of rotatable bonds is 5. The fourth-order valence-corrected chi connectivity index (χ4v) is 1.85. The number of amides is 2. The highest BCUT2D eigenvalue weighted by molar-refractivity contribution is 5.88. The molecule has 3 rings (SSSR count). The topological polar surface area (TPSA) is 78.9 Å². The van der Waals surface area contributed by atoms with Gasteiger partial charge in [0.2, 0.25) is 0 Å². The fraction of sp³-hybridized carbons (Fsp3) is 0.267. The van der Waals surface area contributed by atoms with Gasteiger partial charge in [0.05, 0.1) is 0 Å². The molecule has 0 unspecified atom stereocenters. The number of benzene rings is 1. The first-order chi connectivity index (χ1) is 10.7. The summed E-state index contributed by atoms with van der Waals surface area (Å²) in [5.41, 5.74) is 0.939. The van der Waals surface area contributed by atoms with E-state index >= 15 is 0 Å². The first-order valence-electron chi connectivity index (χ1n) is 7.08. The van der Waals surface area contributed by atoms with Crippen molar-refractivity contribution in [2.75, 3.05) is 10.6 Å². The van der Waals surface area contributed by atoms with Gasteiger partial charge in [-0.15, -0.1) is 10.2 Å². The van der Waals surface area contributed by atoms with Crippen LogP contribution in [0.15, 0.2) is 36.4 Å². The van der Waals surface area contributed by atoms with Gasteiger partial charge < -0.3 is 10.6 Å². The highest BCUT2D eigenvalue weighted by atomic mass is 19.1. The average Bonchev–Trinajstić information content (AvgIpc) is 3.32. The molecule has 6 nitrogen and oxygen atoms in total. The normalized spacial score (nSPS) is 13.5. The molecule has 0 radical (unpaired) electrons. The summed E-state index contributed by atoms with van der Waals surface area (Å²) < 4.78 is 12.8. The summed E-state index contributed by atoms with van der Waals surface area (Å²) in [5.74, 6) is 0.714. The van der Waals surface area contributed by atoms with Crippen molar-refractivity contribution in [1.29, 1.82) is 0 Å². The molecular weight excluding hydrogens is 285 g/mol. The number of aromatic nitrogens is 2. The zero-order valence-electron chi connectivity index (χ0n) is 11.8. The van der Waals surface area contributed by atoms with Gasteiger partial charge in [-0.1, -0.05) is 12.1 Å². The summed E-state index contributed by atoms with van der Waals surface area (Å²) in [6, 6.07) is 9.66. The van der Waals surface area contributed by atoms with Gasteiger partial charge in [0.15, 0.2) is 5.82 Å². The molecule has 22 heavy (non-hydrogen) atoms. The van der Waals surface area contributed by atoms with E-state index in [1.54, 1.807) is 24.3 Å². The van der Waals surface area contributed by atoms with Crippen LogP contribution in [0.5, 0.6) is 0 Å². The monoisotopic (exact) mass is 301 g/mol. The van der Waals surface area contributed by atoms with Crippen molar-refractivity contribution in [1.82, 2.24) is 15.5 Å². The molecule has 3 N–H and O–H groups in total. The molecule has 1 aliphatic rings. The maximum atomic E-state index is 12.8. The zero-order valence-corrected chi connectivity index (χ0v) is 11.8. The highest BCUT2D eigenvalue weighted by Gasteiger charge is 2.23. The molecular formula is C15H16FN5O. The Morgan fingerprint density at radius 3 is 2.41 bits per heavy atom. The van der Waals surface area contributed by atoms with E-state index in [2.05, 4.69) is 26.1 Å². The molecule has 1 aliphatic carbocycles. The van der Waals surface area contributed by atoms with E-state index in [0.717, 1.165) is 18.4 Å². The van der Waals surface area contributed by atoms with E-state index in [-0.39, 0.29) is 11.8 Å². The first kappa shape index (κ1) is 14.2. The number of halogens is 1. The van der Waals surface area contributed by atoms with Crippen molar-refractivity contribution in [3.05, 3.63) is 47.8 Å². The van der Waals surface area contributed by atoms with Gasteiger partial charge in [0.25, 0.3) is 0 Å². The lowest BCUT2D eigenvalue weighted by molar-refractivity contribution is 0.251. The van der Waals surface area contributed by atoms with E-state index in [9.17, 15) is 9.18 Å². The maximum absolute atomic E-state index is 12.8. The third-order valence-corrected chi connectivity index (χ3v) is 3.21. The summed E-state index contributed by atoms with van der Waals surface area (Å²) in [7, 11) is 0. The zero-order chi connectivity index (χ0) is 15.4. The molecule has 1 saturated carbocycles. The predicted molar refractivity (Wildman–Crippen MR) is 80.9 cm³/mol. The molecule has 0 saturated heterocycles. The van der Waals surface area contributed by atoms with Crippen LogP contribution in [0.1, 0.15) is 18.4 Å². The predicted octanol–water partition coefficient (Wildman–Crippen LogP) is 2.51. The van der Waals surface area contributed by atoms with Crippen LogP contribution in [-0.2, 0) is 6.54 Å². The summed E-state index contributed by atoms with van der Waals surface area (Å²) >= 11 is 0. The van der Waals surface area contributed by atoms with Crippen molar-refractivity contribution in [2.45, 2.75) is 25.4 Å². The minimum Gasteiger partial charge on any atom is -0.365 e. The first-order valence-corrected chi connectivity index (χ1v) is 7.08. The van der Waals surface area contributed by atoms with Gasteiger partial charge in [0, 0.05) is 12.6 Å². The van der Waals surface area contributed by atoms with Crippen molar-refractivity contribution in [2.24, 2.45) is 0 Å². The van der Waals surface area contributed by atoms with E-state index in [4.69, 9.17) is 0 Å². The lowest BCUT2D eigenvalue weighted by Crippen LogP contribution is -2.30. The molecule has 0 bridgehead atoms. The van der Waals surface area contributed by atoms with Crippen molar-refractivity contribution in [3.8, 4) is 0 Å².